The van der Waals surface area contributed by atoms with E-state index in [0.717, 1.165) is 11.3 Å². The maximum atomic E-state index is 11.1. The number of nitrogens with two attached hydrogens (primary N) is 1. The lowest BCUT2D eigenvalue weighted by atomic mass is 10.2. The molecule has 0 aromatic heterocycles. The summed E-state index contributed by atoms with van der Waals surface area (Å²) in [4.78, 5) is 11.1. The second-order valence-corrected chi connectivity index (χ2v) is 4.66. The summed E-state index contributed by atoms with van der Waals surface area (Å²) in [5.74, 6) is 0.685. The van der Waals surface area contributed by atoms with Crippen LogP contribution in [0.1, 0.15) is 15.9 Å². The summed E-state index contributed by atoms with van der Waals surface area (Å²) in [6.07, 6.45) is 0. The Morgan fingerprint density at radius 3 is 2.65 bits per heavy atom. The largest absolute Gasteiger partial charge is 0.455 e. The van der Waals surface area contributed by atoms with Crippen LogP contribution in [0.4, 0.5) is 0 Å². The molecule has 2 aromatic carbocycles. The summed E-state index contributed by atoms with van der Waals surface area (Å²) >= 11 is 6.10. The number of carbonyl (C=O) groups excluding carboxylic acids is 1. The zero-order valence-corrected chi connectivity index (χ0v) is 11.8. The Balaban J connectivity index is 2.28. The van der Waals surface area contributed by atoms with Crippen LogP contribution in [0, 0.1) is 0 Å². The van der Waals surface area contributed by atoms with E-state index in [1.165, 1.54) is 6.07 Å². The summed E-state index contributed by atoms with van der Waals surface area (Å²) in [5, 5.41) is 3.42. The third-order valence-electron chi connectivity index (χ3n) is 2.78. The van der Waals surface area contributed by atoms with Crippen molar-refractivity contribution in [3.63, 3.8) is 0 Å². The molecule has 0 atom stereocenters. The van der Waals surface area contributed by atoms with E-state index in [9.17, 15) is 4.79 Å². The van der Waals surface area contributed by atoms with Crippen molar-refractivity contribution in [2.45, 2.75) is 6.54 Å². The molecule has 0 aliphatic heterocycles. The van der Waals surface area contributed by atoms with Gasteiger partial charge in [-0.3, -0.25) is 4.79 Å². The molecule has 104 valence electrons. The number of para-hydroxylation sites is 1. The van der Waals surface area contributed by atoms with Gasteiger partial charge in [0.05, 0.1) is 5.02 Å². The number of amides is 1. The van der Waals surface area contributed by atoms with Gasteiger partial charge in [-0.1, -0.05) is 29.8 Å². The second-order valence-electron chi connectivity index (χ2n) is 4.25. The predicted octanol–water partition coefficient (Wildman–Crippen LogP) is 2.95. The first-order valence-corrected chi connectivity index (χ1v) is 6.49. The van der Waals surface area contributed by atoms with Gasteiger partial charge in [0.1, 0.15) is 11.5 Å². The lowest BCUT2D eigenvalue weighted by Gasteiger charge is -2.12. The molecule has 4 nitrogen and oxygen atoms in total. The van der Waals surface area contributed by atoms with Crippen LogP contribution in [0.15, 0.2) is 42.5 Å². The van der Waals surface area contributed by atoms with Crippen molar-refractivity contribution in [1.82, 2.24) is 5.32 Å². The number of carbonyl (C=O) groups is 1. The third kappa shape index (κ3) is 3.29. The van der Waals surface area contributed by atoms with E-state index >= 15 is 0 Å². The lowest BCUT2D eigenvalue weighted by molar-refractivity contribution is 0.100. The molecule has 0 radical (unpaired) electrons. The molecule has 0 fully saturated rings. The van der Waals surface area contributed by atoms with Crippen LogP contribution in [0.5, 0.6) is 11.5 Å². The Morgan fingerprint density at radius 2 is 2.00 bits per heavy atom. The highest BCUT2D eigenvalue weighted by Crippen LogP contribution is 2.31. The SMILES string of the molecule is CNCc1ccccc1Oc1ccc(C(N)=O)cc1Cl. The summed E-state index contributed by atoms with van der Waals surface area (Å²) in [6, 6.07) is 12.4. The molecule has 0 saturated heterocycles. The number of hydrogen-bond donors (Lipinski definition) is 2. The molecule has 2 aromatic rings. The van der Waals surface area contributed by atoms with Gasteiger partial charge < -0.3 is 15.8 Å². The number of rotatable bonds is 5. The number of primary amides is 1. The molecule has 0 aliphatic carbocycles. The molecular weight excluding hydrogens is 276 g/mol. The number of nitrogens with one attached hydrogen (secondary N) is 1. The van der Waals surface area contributed by atoms with Gasteiger partial charge in [-0.2, -0.15) is 0 Å². The number of hydrogen-bond acceptors (Lipinski definition) is 3. The van der Waals surface area contributed by atoms with Crippen LogP contribution in [-0.2, 0) is 6.54 Å². The van der Waals surface area contributed by atoms with E-state index in [1.807, 2.05) is 31.3 Å². The fourth-order valence-electron chi connectivity index (χ4n) is 1.80. The minimum absolute atomic E-state index is 0.348. The quantitative estimate of drug-likeness (QED) is 0.890. The average molecular weight is 291 g/mol. The first-order chi connectivity index (χ1) is 9.61. The monoisotopic (exact) mass is 290 g/mol. The Bertz CT molecular complexity index is 629. The standard InChI is InChI=1S/C15H15ClN2O2/c1-18-9-11-4-2-3-5-13(11)20-14-7-6-10(15(17)19)8-12(14)16/h2-8,18H,9H2,1H3,(H2,17,19). The Labute approximate surface area is 122 Å². The van der Waals surface area contributed by atoms with Crippen molar-refractivity contribution < 1.29 is 9.53 Å². The zero-order chi connectivity index (χ0) is 14.5. The fourth-order valence-corrected chi connectivity index (χ4v) is 2.01. The number of ether oxygens (including phenoxy) is 1. The maximum absolute atomic E-state index is 11.1. The van der Waals surface area contributed by atoms with Crippen LogP contribution in [0.25, 0.3) is 0 Å². The van der Waals surface area contributed by atoms with Gasteiger partial charge in [0.15, 0.2) is 0 Å². The molecule has 0 unspecified atom stereocenters. The van der Waals surface area contributed by atoms with Gasteiger partial charge in [-0.25, -0.2) is 0 Å². The first-order valence-electron chi connectivity index (χ1n) is 6.11. The van der Waals surface area contributed by atoms with Gasteiger partial charge in [-0.05, 0) is 31.3 Å². The maximum Gasteiger partial charge on any atom is 0.248 e. The van der Waals surface area contributed by atoms with Gasteiger partial charge >= 0.3 is 0 Å². The van der Waals surface area contributed by atoms with Crippen molar-refractivity contribution in [2.24, 2.45) is 5.73 Å². The first kappa shape index (κ1) is 14.4. The highest BCUT2D eigenvalue weighted by molar-refractivity contribution is 6.32. The van der Waals surface area contributed by atoms with Crippen LogP contribution in [0.2, 0.25) is 5.02 Å². The van der Waals surface area contributed by atoms with E-state index in [4.69, 9.17) is 22.1 Å². The highest BCUT2D eigenvalue weighted by atomic mass is 35.5. The molecule has 2 rings (SSSR count). The van der Waals surface area contributed by atoms with Crippen LogP contribution >= 0.6 is 11.6 Å². The molecule has 0 spiro atoms. The lowest BCUT2D eigenvalue weighted by Crippen LogP contribution is -2.10. The third-order valence-corrected chi connectivity index (χ3v) is 3.07. The van der Waals surface area contributed by atoms with E-state index in [-0.39, 0.29) is 0 Å². The summed E-state index contributed by atoms with van der Waals surface area (Å²) in [5.41, 5.74) is 6.57. The molecule has 0 saturated carbocycles. The predicted molar refractivity (Wildman–Crippen MR) is 79.2 cm³/mol. The zero-order valence-electron chi connectivity index (χ0n) is 11.0. The molecular formula is C15H15ClN2O2. The number of halogens is 1. The normalized spacial score (nSPS) is 10.3. The molecule has 3 N–H and O–H groups in total. The summed E-state index contributed by atoms with van der Waals surface area (Å²) < 4.78 is 5.80. The van der Waals surface area contributed by atoms with Crippen molar-refractivity contribution in [2.75, 3.05) is 7.05 Å². The van der Waals surface area contributed by atoms with Gasteiger partial charge in [0.2, 0.25) is 5.91 Å². The highest BCUT2D eigenvalue weighted by Gasteiger charge is 2.09. The summed E-state index contributed by atoms with van der Waals surface area (Å²) in [7, 11) is 1.87. The van der Waals surface area contributed by atoms with Crippen molar-refractivity contribution in [1.29, 1.82) is 0 Å². The molecule has 20 heavy (non-hydrogen) atoms. The minimum Gasteiger partial charge on any atom is -0.455 e. The topological polar surface area (TPSA) is 64.3 Å². The van der Waals surface area contributed by atoms with E-state index in [0.29, 0.717) is 22.9 Å². The average Bonchev–Trinajstić information content (AvgIpc) is 2.43. The van der Waals surface area contributed by atoms with Crippen molar-refractivity contribution in [3.8, 4) is 11.5 Å². The van der Waals surface area contributed by atoms with Gasteiger partial charge in [0, 0.05) is 17.7 Å². The molecule has 0 heterocycles. The smallest absolute Gasteiger partial charge is 0.248 e. The molecule has 0 bridgehead atoms. The van der Waals surface area contributed by atoms with E-state index < -0.39 is 5.91 Å². The van der Waals surface area contributed by atoms with Crippen molar-refractivity contribution >= 4 is 17.5 Å². The Kier molecular flexibility index (Phi) is 4.61. The van der Waals surface area contributed by atoms with Crippen LogP contribution in [0.3, 0.4) is 0 Å². The molecule has 5 heteroatoms. The summed E-state index contributed by atoms with van der Waals surface area (Å²) in [6.45, 7) is 0.688. The second kappa shape index (κ2) is 6.41. The van der Waals surface area contributed by atoms with E-state index in [1.54, 1.807) is 12.1 Å². The Hall–Kier alpha value is -2.04. The van der Waals surface area contributed by atoms with Gasteiger partial charge in [0.25, 0.3) is 0 Å². The molecule has 0 aliphatic rings. The Morgan fingerprint density at radius 1 is 1.25 bits per heavy atom. The fraction of sp³-hybridized carbons (Fsp3) is 0.133. The van der Waals surface area contributed by atoms with Crippen LogP contribution < -0.4 is 15.8 Å². The molecule has 1 amide bonds. The minimum atomic E-state index is -0.519. The number of benzene rings is 2. The van der Waals surface area contributed by atoms with Crippen molar-refractivity contribution in [3.05, 3.63) is 58.6 Å². The van der Waals surface area contributed by atoms with Gasteiger partial charge in [-0.15, -0.1) is 0 Å². The van der Waals surface area contributed by atoms with Crippen LogP contribution in [-0.4, -0.2) is 13.0 Å². The van der Waals surface area contributed by atoms with E-state index in [2.05, 4.69) is 5.32 Å².